The van der Waals surface area contributed by atoms with E-state index in [1.807, 2.05) is 16.4 Å². The Balaban J connectivity index is 1.98. The zero-order valence-electron chi connectivity index (χ0n) is 12.4. The molecule has 1 heterocycles. The van der Waals surface area contributed by atoms with Gasteiger partial charge in [0.05, 0.1) is 11.7 Å². The number of anilines is 1. The number of nitrogens with zero attached hydrogens (tertiary/aromatic N) is 2. The van der Waals surface area contributed by atoms with Crippen molar-refractivity contribution in [3.63, 3.8) is 0 Å². The van der Waals surface area contributed by atoms with Gasteiger partial charge in [0.2, 0.25) is 0 Å². The van der Waals surface area contributed by atoms with Crippen molar-refractivity contribution in [3.8, 4) is 5.75 Å². The van der Waals surface area contributed by atoms with Crippen LogP contribution >= 0.6 is 24.4 Å². The van der Waals surface area contributed by atoms with Crippen LogP contribution in [0, 0.1) is 6.92 Å². The molecule has 3 rings (SSSR count). The van der Waals surface area contributed by atoms with Crippen LogP contribution in [0.3, 0.4) is 0 Å². The molecule has 2 aromatic rings. The largest absolute Gasteiger partial charge is 0.506 e. The molecule has 1 unspecified atom stereocenters. The minimum absolute atomic E-state index is 0.152. The number of aryl methyl sites for hydroxylation is 1. The third-order valence-electron chi connectivity index (χ3n) is 4.07. The van der Waals surface area contributed by atoms with E-state index in [-0.39, 0.29) is 11.8 Å². The van der Waals surface area contributed by atoms with Crippen LogP contribution in [0.2, 0.25) is 5.02 Å². The van der Waals surface area contributed by atoms with E-state index in [1.165, 1.54) is 11.1 Å². The van der Waals surface area contributed by atoms with Gasteiger partial charge in [-0.25, -0.2) is 4.31 Å². The summed E-state index contributed by atoms with van der Waals surface area (Å²) >= 11 is 10.5. The normalized spacial score (nSPS) is 19.4. The van der Waals surface area contributed by atoms with E-state index in [2.05, 4.69) is 48.9 Å². The van der Waals surface area contributed by atoms with E-state index < -0.39 is 0 Å². The molecule has 3 nitrogen and oxygen atoms in total. The van der Waals surface area contributed by atoms with Crippen LogP contribution in [0.25, 0.3) is 0 Å². The van der Waals surface area contributed by atoms with Crippen LogP contribution in [0.1, 0.15) is 17.2 Å². The van der Waals surface area contributed by atoms with Gasteiger partial charge in [0.15, 0.2) is 0 Å². The average Bonchev–Trinajstić information content (AvgIpc) is 2.49. The summed E-state index contributed by atoms with van der Waals surface area (Å²) < 4.78 is 2.02. The van der Waals surface area contributed by atoms with E-state index in [4.69, 9.17) is 11.6 Å². The highest BCUT2D eigenvalue weighted by Crippen LogP contribution is 2.37. The fourth-order valence-corrected chi connectivity index (χ4v) is 3.28. The van der Waals surface area contributed by atoms with Gasteiger partial charge in [-0.15, -0.1) is 0 Å². The lowest BCUT2D eigenvalue weighted by molar-refractivity contribution is 0.365. The summed E-state index contributed by atoms with van der Waals surface area (Å²) in [5.74, 6) is 0.220. The molecule has 0 bridgehead atoms. The Labute approximate surface area is 141 Å². The second-order valence-corrected chi connectivity index (χ2v) is 6.67. The number of hydrogen-bond acceptors (Lipinski definition) is 4. The lowest BCUT2D eigenvalue weighted by atomic mass is 10.0. The highest BCUT2D eigenvalue weighted by molar-refractivity contribution is 7.77. The van der Waals surface area contributed by atoms with Crippen molar-refractivity contribution < 1.29 is 5.11 Å². The molecule has 0 saturated carbocycles. The van der Waals surface area contributed by atoms with E-state index in [0.29, 0.717) is 5.02 Å². The molecule has 0 aliphatic carbocycles. The van der Waals surface area contributed by atoms with Gasteiger partial charge in [-0.05, 0) is 24.6 Å². The van der Waals surface area contributed by atoms with E-state index >= 15 is 0 Å². The Morgan fingerprint density at radius 1 is 1.14 bits per heavy atom. The van der Waals surface area contributed by atoms with Crippen molar-refractivity contribution in [3.05, 3.63) is 58.6 Å². The first-order valence-electron chi connectivity index (χ1n) is 7.30. The first-order valence-corrected chi connectivity index (χ1v) is 8.08. The number of benzene rings is 2. The molecular weight excluding hydrogens is 316 g/mol. The lowest BCUT2D eigenvalue weighted by Gasteiger charge is -2.41. The quantitative estimate of drug-likeness (QED) is 0.811. The molecule has 1 atom stereocenters. The Kier molecular flexibility index (Phi) is 4.52. The molecule has 22 heavy (non-hydrogen) atoms. The van der Waals surface area contributed by atoms with Crippen molar-refractivity contribution in [2.45, 2.75) is 13.0 Å². The lowest BCUT2D eigenvalue weighted by Crippen LogP contribution is -2.45. The summed E-state index contributed by atoms with van der Waals surface area (Å²) in [7, 11) is 0. The van der Waals surface area contributed by atoms with Crippen LogP contribution in [0.4, 0.5) is 5.69 Å². The van der Waals surface area contributed by atoms with Gasteiger partial charge in [-0.3, -0.25) is 0 Å². The molecule has 1 N–H and O–H groups in total. The molecule has 5 heteroatoms. The average molecular weight is 335 g/mol. The number of phenols is 1. The minimum Gasteiger partial charge on any atom is -0.506 e. The van der Waals surface area contributed by atoms with Crippen LogP contribution < -0.4 is 4.90 Å². The van der Waals surface area contributed by atoms with Crippen LogP contribution in [-0.2, 0) is 0 Å². The third kappa shape index (κ3) is 3.19. The van der Waals surface area contributed by atoms with Gasteiger partial charge in [0, 0.05) is 30.7 Å². The van der Waals surface area contributed by atoms with Gasteiger partial charge < -0.3 is 10.0 Å². The monoisotopic (exact) mass is 334 g/mol. The summed E-state index contributed by atoms with van der Waals surface area (Å²) in [5, 5.41) is 10.8. The molecule has 0 amide bonds. The van der Waals surface area contributed by atoms with E-state index in [0.717, 1.165) is 25.3 Å². The number of aromatic hydroxyl groups is 1. The predicted octanol–water partition coefficient (Wildman–Crippen LogP) is 4.06. The van der Waals surface area contributed by atoms with E-state index in [1.54, 1.807) is 6.07 Å². The first-order chi connectivity index (χ1) is 10.5. The van der Waals surface area contributed by atoms with Gasteiger partial charge in [-0.1, -0.05) is 54.2 Å². The zero-order chi connectivity index (χ0) is 15.7. The predicted molar refractivity (Wildman–Crippen MR) is 94.9 cm³/mol. The third-order valence-corrected chi connectivity index (χ3v) is 4.67. The number of thiol groups is 1. The van der Waals surface area contributed by atoms with Gasteiger partial charge in [0.1, 0.15) is 5.75 Å². The number of piperazine rings is 1. The first kappa shape index (κ1) is 15.5. The molecule has 116 valence electrons. The van der Waals surface area contributed by atoms with Crippen molar-refractivity contribution in [1.29, 1.82) is 0 Å². The zero-order valence-corrected chi connectivity index (χ0v) is 14.1. The maximum atomic E-state index is 10.3. The summed E-state index contributed by atoms with van der Waals surface area (Å²) in [6.07, 6.45) is 0. The fourth-order valence-electron chi connectivity index (χ4n) is 2.87. The van der Waals surface area contributed by atoms with Crippen molar-refractivity contribution in [2.75, 3.05) is 24.5 Å². The van der Waals surface area contributed by atoms with Crippen molar-refractivity contribution in [2.24, 2.45) is 0 Å². The number of halogens is 1. The van der Waals surface area contributed by atoms with Crippen molar-refractivity contribution in [1.82, 2.24) is 4.31 Å². The molecule has 1 saturated heterocycles. The van der Waals surface area contributed by atoms with Crippen LogP contribution in [-0.4, -0.2) is 29.0 Å². The fraction of sp³-hybridized carbons (Fsp3) is 0.294. The summed E-state index contributed by atoms with van der Waals surface area (Å²) in [6, 6.07) is 14.0. The van der Waals surface area contributed by atoms with Gasteiger partial charge >= 0.3 is 0 Å². The molecule has 2 aromatic carbocycles. The summed E-state index contributed by atoms with van der Waals surface area (Å²) in [5.41, 5.74) is 3.28. The Bertz CT molecular complexity index is 662. The number of rotatable bonds is 2. The molecule has 1 fully saturated rings. The second-order valence-electron chi connectivity index (χ2n) is 5.67. The maximum Gasteiger partial charge on any atom is 0.140 e. The molecule has 1 aliphatic heterocycles. The highest BCUT2D eigenvalue weighted by atomic mass is 35.5. The van der Waals surface area contributed by atoms with Gasteiger partial charge in [-0.2, -0.15) is 0 Å². The molecule has 0 radical (unpaired) electrons. The van der Waals surface area contributed by atoms with Gasteiger partial charge in [0.25, 0.3) is 0 Å². The molecule has 1 aliphatic rings. The summed E-state index contributed by atoms with van der Waals surface area (Å²) in [4.78, 5) is 2.23. The topological polar surface area (TPSA) is 26.7 Å². The number of phenolic OH excluding ortho intramolecular Hbond substituents is 1. The standard InChI is InChI=1S/C17H19ClN2OS/c1-12-2-4-13(5-3-12)16-11-19(22)8-9-20(16)15-7-6-14(18)10-17(15)21/h2-7,10,16,21-22H,8-9,11H2,1H3. The minimum atomic E-state index is 0.152. The molecular formula is C17H19ClN2OS. The highest BCUT2D eigenvalue weighted by Gasteiger charge is 2.28. The molecule has 0 aromatic heterocycles. The van der Waals surface area contributed by atoms with E-state index in [9.17, 15) is 5.11 Å². The molecule has 0 spiro atoms. The summed E-state index contributed by atoms with van der Waals surface area (Å²) in [6.45, 7) is 4.53. The van der Waals surface area contributed by atoms with Crippen LogP contribution in [0.15, 0.2) is 42.5 Å². The van der Waals surface area contributed by atoms with Crippen LogP contribution in [0.5, 0.6) is 5.75 Å². The SMILES string of the molecule is Cc1ccc(C2CN(S)CCN2c2ccc(Cl)cc2O)cc1. The Morgan fingerprint density at radius 2 is 1.86 bits per heavy atom. The Morgan fingerprint density at radius 3 is 2.55 bits per heavy atom. The second kappa shape index (κ2) is 6.41. The number of hydrogen-bond donors (Lipinski definition) is 2. The van der Waals surface area contributed by atoms with Crippen molar-refractivity contribution >= 4 is 30.1 Å². The maximum absolute atomic E-state index is 10.3. The smallest absolute Gasteiger partial charge is 0.140 e. The Hall–Kier alpha value is -1.36.